The lowest BCUT2D eigenvalue weighted by molar-refractivity contribution is -0.110. The first-order valence-corrected chi connectivity index (χ1v) is 9.92. The maximum atomic E-state index is 11.0. The van der Waals surface area contributed by atoms with E-state index in [4.69, 9.17) is 0 Å². The van der Waals surface area contributed by atoms with E-state index in [0.717, 1.165) is 5.71 Å². The van der Waals surface area contributed by atoms with Crippen LogP contribution in [0.25, 0.3) is 0 Å². The number of rotatable bonds is 8. The highest BCUT2D eigenvalue weighted by Crippen LogP contribution is 2.49. The van der Waals surface area contributed by atoms with Crippen molar-refractivity contribution < 1.29 is 15.0 Å². The van der Waals surface area contributed by atoms with Gasteiger partial charge in [-0.2, -0.15) is 5.26 Å². The molecule has 1 saturated carbocycles. The van der Waals surface area contributed by atoms with Crippen molar-refractivity contribution in [2.45, 2.75) is 70.1 Å². The van der Waals surface area contributed by atoms with Crippen molar-refractivity contribution in [2.75, 3.05) is 0 Å². The number of nitrogens with zero attached hydrogens (tertiary/aromatic N) is 2. The summed E-state index contributed by atoms with van der Waals surface area (Å²) in [5.74, 6) is 5.49. The van der Waals surface area contributed by atoms with Crippen LogP contribution in [-0.4, -0.2) is 38.8 Å². The van der Waals surface area contributed by atoms with Crippen LogP contribution in [-0.2, 0) is 4.79 Å². The molecule has 0 aromatic carbocycles. The van der Waals surface area contributed by atoms with Gasteiger partial charge in [-0.25, -0.2) is 0 Å². The van der Waals surface area contributed by atoms with E-state index in [9.17, 15) is 20.3 Å². The Kier molecular flexibility index (Phi) is 7.68. The van der Waals surface area contributed by atoms with Crippen molar-refractivity contribution in [3.63, 3.8) is 0 Å². The molecule has 1 aliphatic heterocycles. The maximum absolute atomic E-state index is 11.0. The quantitative estimate of drug-likeness (QED) is 0.339. The minimum atomic E-state index is -0.890. The predicted octanol–water partition coefficient (Wildman–Crippen LogP) is 2.68. The van der Waals surface area contributed by atoms with Gasteiger partial charge in [-0.1, -0.05) is 19.1 Å². The number of fused-ring (bicyclic) bond motifs is 1. The Morgan fingerprint density at radius 2 is 2.30 bits per heavy atom. The van der Waals surface area contributed by atoms with Gasteiger partial charge in [0.05, 0.1) is 18.3 Å². The van der Waals surface area contributed by atoms with Crippen LogP contribution in [0, 0.1) is 40.9 Å². The molecule has 2 rings (SSSR count). The lowest BCUT2D eigenvalue weighted by Gasteiger charge is -2.21. The zero-order chi connectivity index (χ0) is 20.0. The molecular formula is C21H28N2O3S. The highest BCUT2D eigenvalue weighted by atomic mass is 32.1. The molecule has 2 aliphatic rings. The summed E-state index contributed by atoms with van der Waals surface area (Å²) in [6.07, 6.45) is 5.60. The molecule has 27 heavy (non-hydrogen) atoms. The van der Waals surface area contributed by atoms with Crippen molar-refractivity contribution in [3.8, 4) is 17.9 Å². The second kappa shape index (κ2) is 9.55. The molecule has 5 nitrogen and oxygen atoms in total. The smallest absolute Gasteiger partial charge is 0.185 e. The van der Waals surface area contributed by atoms with Crippen LogP contribution in [0.1, 0.15) is 52.4 Å². The first-order valence-electron chi connectivity index (χ1n) is 9.47. The lowest BCUT2D eigenvalue weighted by atomic mass is 9.82. The van der Waals surface area contributed by atoms with Gasteiger partial charge >= 0.3 is 0 Å². The van der Waals surface area contributed by atoms with Gasteiger partial charge in [0.15, 0.2) is 10.7 Å². The largest absolute Gasteiger partial charge is 0.392 e. The summed E-state index contributed by atoms with van der Waals surface area (Å²) in [6, 6.07) is 2.32. The molecule has 0 aromatic heterocycles. The number of aliphatic hydroxyl groups is 2. The highest BCUT2D eigenvalue weighted by molar-refractivity contribution is 7.96. The fourth-order valence-corrected chi connectivity index (χ4v) is 4.20. The monoisotopic (exact) mass is 388 g/mol. The molecule has 6 heteroatoms. The minimum Gasteiger partial charge on any atom is -0.392 e. The van der Waals surface area contributed by atoms with Crippen LogP contribution in [0.3, 0.4) is 0 Å². The van der Waals surface area contributed by atoms with E-state index in [1.807, 2.05) is 13.0 Å². The summed E-state index contributed by atoms with van der Waals surface area (Å²) in [5, 5.41) is 30.4. The van der Waals surface area contributed by atoms with Crippen molar-refractivity contribution >= 4 is 23.5 Å². The summed E-state index contributed by atoms with van der Waals surface area (Å²) in [4.78, 5) is 15.6. The van der Waals surface area contributed by atoms with Crippen LogP contribution >= 0.6 is 12.6 Å². The predicted molar refractivity (Wildman–Crippen MR) is 108 cm³/mol. The summed E-state index contributed by atoms with van der Waals surface area (Å²) in [5.41, 5.74) is 0.0486. The molecule has 1 aliphatic carbocycles. The van der Waals surface area contributed by atoms with E-state index in [2.05, 4.69) is 35.5 Å². The SMILES string of the molecule is CC#CCC(C)C(O)C=CC1C(O)CC2(C#N)N=C(CCCC(=O)S)CC12. The molecule has 2 N–H and O–H groups in total. The number of aliphatic hydroxyl groups excluding tert-OH is 2. The molecule has 0 amide bonds. The third kappa shape index (κ3) is 5.23. The van der Waals surface area contributed by atoms with E-state index in [0.29, 0.717) is 38.5 Å². The van der Waals surface area contributed by atoms with E-state index in [1.54, 1.807) is 13.0 Å². The van der Waals surface area contributed by atoms with Crippen LogP contribution in [0.4, 0.5) is 0 Å². The number of aliphatic imine (C=N–C) groups is 1. The Morgan fingerprint density at radius 3 is 2.93 bits per heavy atom. The topological polar surface area (TPSA) is 93.7 Å². The van der Waals surface area contributed by atoms with Crippen molar-refractivity contribution in [3.05, 3.63) is 12.2 Å². The Labute approximate surface area is 167 Å². The van der Waals surface area contributed by atoms with E-state index >= 15 is 0 Å². The molecule has 0 saturated heterocycles. The van der Waals surface area contributed by atoms with Crippen LogP contribution < -0.4 is 0 Å². The summed E-state index contributed by atoms with van der Waals surface area (Å²) in [7, 11) is 0. The summed E-state index contributed by atoms with van der Waals surface area (Å²) < 4.78 is 0. The number of carbonyl (C=O) groups is 1. The molecule has 1 heterocycles. The maximum Gasteiger partial charge on any atom is 0.185 e. The molecule has 146 valence electrons. The third-order valence-electron chi connectivity index (χ3n) is 5.62. The van der Waals surface area contributed by atoms with Gasteiger partial charge < -0.3 is 10.2 Å². The first kappa shape index (κ1) is 21.7. The van der Waals surface area contributed by atoms with E-state index in [1.165, 1.54) is 0 Å². The zero-order valence-corrected chi connectivity index (χ0v) is 16.8. The minimum absolute atomic E-state index is 0.00197. The highest BCUT2D eigenvalue weighted by Gasteiger charge is 2.56. The second-order valence-corrected chi connectivity index (χ2v) is 8.10. The molecule has 1 fully saturated rings. The third-order valence-corrected chi connectivity index (χ3v) is 5.84. The number of hydrogen-bond acceptors (Lipinski definition) is 5. The van der Waals surface area contributed by atoms with Gasteiger partial charge in [0.1, 0.15) is 0 Å². The van der Waals surface area contributed by atoms with Crippen LogP contribution in [0.15, 0.2) is 17.1 Å². The number of nitriles is 1. The Bertz CT molecular complexity index is 715. The van der Waals surface area contributed by atoms with E-state index in [-0.39, 0.29) is 22.9 Å². The van der Waals surface area contributed by atoms with Gasteiger partial charge in [0.25, 0.3) is 0 Å². The summed E-state index contributed by atoms with van der Waals surface area (Å²) >= 11 is 3.78. The van der Waals surface area contributed by atoms with E-state index < -0.39 is 17.7 Å². The van der Waals surface area contributed by atoms with Crippen LogP contribution in [0.5, 0.6) is 0 Å². The molecule has 6 unspecified atom stereocenters. The Balaban J connectivity index is 2.06. The van der Waals surface area contributed by atoms with Crippen LogP contribution in [0.2, 0.25) is 0 Å². The van der Waals surface area contributed by atoms with Gasteiger partial charge in [-0.3, -0.25) is 9.79 Å². The molecular weight excluding hydrogens is 360 g/mol. The average molecular weight is 389 g/mol. The standard InChI is InChI=1S/C21H28N2O3S/c1-3-4-6-14(2)18(24)10-9-16-17-11-15(7-5-8-20(26)27)23-21(17,13-22)12-19(16)25/h9-10,14,16-19,24-25H,5-8,11-12H2,1-2H3,(H,26,27). The van der Waals surface area contributed by atoms with Gasteiger partial charge in [0, 0.05) is 36.8 Å². The van der Waals surface area contributed by atoms with Crippen molar-refractivity contribution in [1.82, 2.24) is 0 Å². The first-order chi connectivity index (χ1) is 12.8. The van der Waals surface area contributed by atoms with Gasteiger partial charge in [0.2, 0.25) is 0 Å². The average Bonchev–Trinajstić information content (AvgIpc) is 3.09. The van der Waals surface area contributed by atoms with Crippen molar-refractivity contribution in [1.29, 1.82) is 5.26 Å². The molecule has 6 atom stereocenters. The lowest BCUT2D eigenvalue weighted by Crippen LogP contribution is -2.27. The second-order valence-electron chi connectivity index (χ2n) is 7.60. The number of carbonyl (C=O) groups excluding carboxylic acids is 1. The fraction of sp³-hybridized carbons (Fsp3) is 0.667. The number of hydrogen-bond donors (Lipinski definition) is 3. The van der Waals surface area contributed by atoms with Gasteiger partial charge in [-0.05, 0) is 32.1 Å². The normalized spacial score (nSPS) is 31.6. The number of thiol groups is 1. The van der Waals surface area contributed by atoms with Gasteiger partial charge in [-0.15, -0.1) is 24.5 Å². The fourth-order valence-electron chi connectivity index (χ4n) is 4.04. The zero-order valence-electron chi connectivity index (χ0n) is 15.9. The molecule has 0 bridgehead atoms. The Hall–Kier alpha value is -1.60. The molecule has 0 spiro atoms. The molecule has 0 radical (unpaired) electrons. The molecule has 0 aromatic rings. The van der Waals surface area contributed by atoms with Crippen molar-refractivity contribution in [2.24, 2.45) is 22.7 Å². The Morgan fingerprint density at radius 1 is 1.56 bits per heavy atom. The summed E-state index contributed by atoms with van der Waals surface area (Å²) in [6.45, 7) is 3.71.